The molecule has 0 heterocycles. The molecule has 7 rings (SSSR count). The van der Waals surface area contributed by atoms with Gasteiger partial charge in [-0.3, -0.25) is 24.0 Å². The normalized spacial score (nSPS) is 17.7. The second-order valence-electron chi connectivity index (χ2n) is 14.5. The number of carbonyl (C=O) groups excluding carboxylic acids is 5. The molecule has 0 saturated heterocycles. The molecule has 294 valence electrons. The molecule has 15 heteroatoms. The third-order valence-corrected chi connectivity index (χ3v) is 9.89. The molecule has 3 fully saturated rings. The molecule has 0 aromatic heterocycles. The zero-order valence-corrected chi connectivity index (χ0v) is 31.3. The summed E-state index contributed by atoms with van der Waals surface area (Å²) in [5.74, 6) is -1.88. The number of phenolic OH excluding ortho intramolecular Hbond substituents is 1. The lowest BCUT2D eigenvalue weighted by atomic mass is 9.39. The minimum absolute atomic E-state index is 0.0328. The second kappa shape index (κ2) is 16.2. The zero-order valence-electron chi connectivity index (χ0n) is 31.3. The average molecular weight is 783 g/mol. The van der Waals surface area contributed by atoms with Crippen LogP contribution in [0.2, 0.25) is 0 Å². The Balaban J connectivity index is 1.04. The van der Waals surface area contributed by atoms with E-state index in [2.05, 4.69) is 32.5 Å². The number of nitrogens with zero attached hydrogens (tertiary/aromatic N) is 1. The predicted molar refractivity (Wildman–Crippen MR) is 211 cm³/mol. The Kier molecular flexibility index (Phi) is 11.2. The van der Waals surface area contributed by atoms with Gasteiger partial charge in [0.25, 0.3) is 17.7 Å². The molecular weight excluding hydrogens is 745 g/mol. The fourth-order valence-electron chi connectivity index (χ4n) is 7.04. The van der Waals surface area contributed by atoms with E-state index in [1.807, 2.05) is 6.07 Å². The van der Waals surface area contributed by atoms with Gasteiger partial charge in [0.1, 0.15) is 6.04 Å². The highest BCUT2D eigenvalue weighted by atomic mass is 16.5. The number of aromatic hydroxyl groups is 1. The van der Waals surface area contributed by atoms with Crippen molar-refractivity contribution in [3.05, 3.63) is 113 Å². The maximum absolute atomic E-state index is 13.3. The number of hydrogen-bond donors (Lipinski definition) is 7. The Morgan fingerprint density at radius 3 is 1.91 bits per heavy atom. The number of rotatable bonds is 14. The van der Waals surface area contributed by atoms with Crippen LogP contribution in [0.3, 0.4) is 0 Å². The first-order chi connectivity index (χ1) is 27.6. The number of nitriles is 1. The number of phenols is 1. The van der Waals surface area contributed by atoms with Crippen molar-refractivity contribution in [2.45, 2.75) is 57.2 Å². The smallest absolute Gasteiger partial charge is 0.335 e. The van der Waals surface area contributed by atoms with E-state index in [0.29, 0.717) is 41.8 Å². The fourth-order valence-corrected chi connectivity index (χ4v) is 7.04. The molecule has 0 spiro atoms. The summed E-state index contributed by atoms with van der Waals surface area (Å²) in [6.45, 7) is 3.39. The van der Waals surface area contributed by atoms with Crippen LogP contribution in [-0.4, -0.2) is 63.4 Å². The van der Waals surface area contributed by atoms with Gasteiger partial charge >= 0.3 is 5.97 Å². The van der Waals surface area contributed by atoms with Crippen LogP contribution in [0.25, 0.3) is 0 Å². The Hall–Kier alpha value is -7.65. The summed E-state index contributed by atoms with van der Waals surface area (Å²) < 4.78 is 5.78. The number of carboxylic acids is 1. The number of benzene rings is 4. The van der Waals surface area contributed by atoms with Crippen molar-refractivity contribution in [3.8, 4) is 29.9 Å². The van der Waals surface area contributed by atoms with E-state index < -0.39 is 52.5 Å². The molecule has 3 aliphatic carbocycles. The maximum atomic E-state index is 13.3. The largest absolute Gasteiger partial charge is 0.504 e. The van der Waals surface area contributed by atoms with Crippen LogP contribution in [0, 0.1) is 29.1 Å². The van der Waals surface area contributed by atoms with Gasteiger partial charge in [-0.15, -0.1) is 12.3 Å². The van der Waals surface area contributed by atoms with Crippen molar-refractivity contribution in [2.75, 3.05) is 16.0 Å². The van der Waals surface area contributed by atoms with Gasteiger partial charge in [0.15, 0.2) is 11.5 Å². The zero-order chi connectivity index (χ0) is 41.8. The van der Waals surface area contributed by atoms with Crippen molar-refractivity contribution < 1.29 is 43.7 Å². The van der Waals surface area contributed by atoms with E-state index in [9.17, 15) is 33.9 Å². The van der Waals surface area contributed by atoms with Crippen molar-refractivity contribution in [2.24, 2.45) is 5.41 Å². The lowest BCUT2D eigenvalue weighted by Gasteiger charge is -2.69. The van der Waals surface area contributed by atoms with Gasteiger partial charge in [0, 0.05) is 34.5 Å². The number of anilines is 3. The molecule has 2 bridgehead atoms. The Morgan fingerprint density at radius 2 is 1.34 bits per heavy atom. The number of carboxylic acid groups (broad SMARTS) is 1. The van der Waals surface area contributed by atoms with Crippen LogP contribution in [0.5, 0.6) is 11.5 Å². The number of ether oxygens (including phenoxy) is 1. The highest BCUT2D eigenvalue weighted by Crippen LogP contribution is 2.67. The summed E-state index contributed by atoms with van der Waals surface area (Å²) in [6, 6.07) is 21.2. The highest BCUT2D eigenvalue weighted by Gasteiger charge is 2.72. The molecular formula is C43H38N6O9. The first kappa shape index (κ1) is 40.0. The van der Waals surface area contributed by atoms with Gasteiger partial charge in [0.2, 0.25) is 11.8 Å². The lowest BCUT2D eigenvalue weighted by molar-refractivity contribution is -0.179. The first-order valence-electron chi connectivity index (χ1n) is 18.1. The van der Waals surface area contributed by atoms with Gasteiger partial charge in [0.05, 0.1) is 40.0 Å². The molecule has 3 saturated carbocycles. The molecule has 5 amide bonds. The molecule has 0 unspecified atom stereocenters. The van der Waals surface area contributed by atoms with E-state index in [4.69, 9.17) is 21.5 Å². The third kappa shape index (κ3) is 8.44. The molecule has 15 nitrogen and oxygen atoms in total. The molecule has 3 aliphatic rings. The number of nitrogens with one attached hydrogen (secondary N) is 5. The van der Waals surface area contributed by atoms with E-state index >= 15 is 0 Å². The standard InChI is InChI=1S/C43H38N6O9/c1-4-5-33(48-41(57)42-21-43(22-42,23-42)49-37(52)27-8-6-25(20-44)7-9-27)39(54)46-30-14-10-26(11-15-30)36(51)47-32-19-18-31(34(50)35(32)58-24(2)3)38(53)45-29-16-12-28(13-17-29)40(55)56/h1,6-19,24,33,50H,5,21-23H2,2-3H3,(H,45,53)(H,46,54)(H,47,51)(H,48,57)(H,49,52)(H,55,56)/t33-,42?,43?/m0/s1. The SMILES string of the molecule is C#CC[C@H](NC(=O)C12CC(NC(=O)c3ccc(C#N)cc3)(C1)C2)C(=O)Nc1ccc(C(=O)Nc2ccc(C(=O)Nc3ccc(C(=O)O)cc3)c(O)c2OC(C)C)cc1. The van der Waals surface area contributed by atoms with Gasteiger partial charge in [-0.25, -0.2) is 4.79 Å². The quantitative estimate of drug-likeness (QED) is 0.0841. The summed E-state index contributed by atoms with van der Waals surface area (Å²) in [7, 11) is 0. The Bertz CT molecular complexity index is 2380. The number of aromatic carboxylic acids is 1. The summed E-state index contributed by atoms with van der Waals surface area (Å²) >= 11 is 0. The lowest BCUT2D eigenvalue weighted by Crippen LogP contribution is -2.78. The minimum atomic E-state index is -1.12. The van der Waals surface area contributed by atoms with E-state index in [1.54, 1.807) is 38.1 Å². The van der Waals surface area contributed by atoms with Gasteiger partial charge < -0.3 is 41.5 Å². The number of terminal acetylenes is 1. The summed E-state index contributed by atoms with van der Waals surface area (Å²) in [6.07, 6.45) is 6.23. The fraction of sp³-hybridized carbons (Fsp3) is 0.233. The van der Waals surface area contributed by atoms with Crippen LogP contribution in [0.4, 0.5) is 17.1 Å². The van der Waals surface area contributed by atoms with Crippen LogP contribution in [0.15, 0.2) is 84.9 Å². The summed E-state index contributed by atoms with van der Waals surface area (Å²) in [5.41, 5.74) is 0.357. The van der Waals surface area contributed by atoms with Crippen molar-refractivity contribution in [1.82, 2.24) is 10.6 Å². The predicted octanol–water partition coefficient (Wildman–Crippen LogP) is 5.05. The molecule has 58 heavy (non-hydrogen) atoms. The summed E-state index contributed by atoms with van der Waals surface area (Å²) in [5, 5.41) is 42.9. The Morgan fingerprint density at radius 1 is 0.776 bits per heavy atom. The molecule has 0 aliphatic heterocycles. The molecule has 4 aromatic rings. The van der Waals surface area contributed by atoms with Crippen molar-refractivity contribution in [1.29, 1.82) is 5.26 Å². The minimum Gasteiger partial charge on any atom is -0.504 e. The number of hydrogen-bond acceptors (Lipinski definition) is 9. The molecule has 4 aromatic carbocycles. The van der Waals surface area contributed by atoms with Gasteiger partial charge in [-0.1, -0.05) is 0 Å². The van der Waals surface area contributed by atoms with Crippen LogP contribution in [-0.2, 0) is 9.59 Å². The molecule has 7 N–H and O–H groups in total. The maximum Gasteiger partial charge on any atom is 0.335 e. The average Bonchev–Trinajstić information content (AvgIpc) is 3.17. The van der Waals surface area contributed by atoms with E-state index in [1.165, 1.54) is 60.7 Å². The molecule has 0 radical (unpaired) electrons. The molecule has 1 atom stereocenters. The Labute approximate surface area is 332 Å². The van der Waals surface area contributed by atoms with E-state index in [-0.39, 0.29) is 46.4 Å². The topological polar surface area (TPSA) is 236 Å². The third-order valence-electron chi connectivity index (χ3n) is 9.89. The van der Waals surface area contributed by atoms with E-state index in [0.717, 1.165) is 0 Å². The number of carbonyl (C=O) groups is 6. The number of amides is 5. The van der Waals surface area contributed by atoms with Gasteiger partial charge in [-0.2, -0.15) is 5.26 Å². The monoisotopic (exact) mass is 782 g/mol. The van der Waals surface area contributed by atoms with Crippen molar-refractivity contribution >= 4 is 52.6 Å². The second-order valence-corrected chi connectivity index (χ2v) is 14.5. The first-order valence-corrected chi connectivity index (χ1v) is 18.1. The van der Waals surface area contributed by atoms with Crippen LogP contribution < -0.4 is 31.3 Å². The summed E-state index contributed by atoms with van der Waals surface area (Å²) in [4.78, 5) is 76.8. The van der Waals surface area contributed by atoms with Gasteiger partial charge in [-0.05, 0) is 118 Å². The van der Waals surface area contributed by atoms with Crippen LogP contribution in [0.1, 0.15) is 86.5 Å². The van der Waals surface area contributed by atoms with Crippen molar-refractivity contribution in [3.63, 3.8) is 0 Å². The van der Waals surface area contributed by atoms with Crippen LogP contribution >= 0.6 is 0 Å². The highest BCUT2D eigenvalue weighted by molar-refractivity contribution is 6.09.